The fourth-order valence-electron chi connectivity index (χ4n) is 2.38. The van der Waals surface area contributed by atoms with Gasteiger partial charge >= 0.3 is 6.03 Å². The first-order chi connectivity index (χ1) is 9.43. The lowest BCUT2D eigenvalue weighted by atomic mass is 9.90. The summed E-state index contributed by atoms with van der Waals surface area (Å²) in [6, 6.07) is 5.05. The van der Waals surface area contributed by atoms with Crippen LogP contribution in [0.3, 0.4) is 0 Å². The summed E-state index contributed by atoms with van der Waals surface area (Å²) in [5.41, 5.74) is 0.605. The van der Waals surface area contributed by atoms with Gasteiger partial charge in [-0.3, -0.25) is 9.69 Å². The minimum absolute atomic E-state index is 0.204. The van der Waals surface area contributed by atoms with Gasteiger partial charge in [-0.1, -0.05) is 12.1 Å². The monoisotopic (exact) mass is 274 g/mol. The summed E-state index contributed by atoms with van der Waals surface area (Å²) in [6.45, 7) is 7.37. The molecule has 5 nitrogen and oxygen atoms in total. The molecule has 1 aliphatic heterocycles. The number of ether oxygens (including phenoxy) is 1. The SMILES string of the molecule is C=CCN1C(=O)NC(C)(c2ccc(OC)c(C)c2)C1=O. The molecule has 3 amide bonds. The second-order valence-electron chi connectivity index (χ2n) is 4.94. The van der Waals surface area contributed by atoms with E-state index in [-0.39, 0.29) is 12.5 Å². The number of imide groups is 1. The molecule has 1 heterocycles. The fraction of sp³-hybridized carbons (Fsp3) is 0.333. The number of hydrogen-bond acceptors (Lipinski definition) is 3. The Hall–Kier alpha value is -2.30. The highest BCUT2D eigenvalue weighted by atomic mass is 16.5. The van der Waals surface area contributed by atoms with Crippen LogP contribution in [0.4, 0.5) is 4.79 Å². The van der Waals surface area contributed by atoms with Crippen LogP contribution in [0.15, 0.2) is 30.9 Å². The van der Waals surface area contributed by atoms with Crippen molar-refractivity contribution in [3.63, 3.8) is 0 Å². The first-order valence-corrected chi connectivity index (χ1v) is 6.34. The molecule has 0 aromatic heterocycles. The van der Waals surface area contributed by atoms with Crippen molar-refractivity contribution >= 4 is 11.9 Å². The standard InChI is InChI=1S/C15H18N2O3/c1-5-8-17-13(18)15(3,16-14(17)19)11-6-7-12(20-4)10(2)9-11/h5-7,9H,1,8H2,2-4H3,(H,16,19). The number of hydrogen-bond donors (Lipinski definition) is 1. The molecule has 2 rings (SSSR count). The van der Waals surface area contributed by atoms with E-state index in [2.05, 4.69) is 11.9 Å². The third-order valence-corrected chi connectivity index (χ3v) is 3.56. The van der Waals surface area contributed by atoms with Crippen LogP contribution in [0, 0.1) is 6.92 Å². The highest BCUT2D eigenvalue weighted by Crippen LogP contribution is 2.31. The van der Waals surface area contributed by atoms with Crippen LogP contribution in [0.5, 0.6) is 5.75 Å². The molecule has 106 valence electrons. The smallest absolute Gasteiger partial charge is 0.325 e. The third kappa shape index (κ3) is 2.05. The van der Waals surface area contributed by atoms with Gasteiger partial charge in [0.25, 0.3) is 5.91 Å². The molecule has 0 bridgehead atoms. The van der Waals surface area contributed by atoms with Crippen molar-refractivity contribution in [1.82, 2.24) is 10.2 Å². The predicted octanol–water partition coefficient (Wildman–Crippen LogP) is 1.96. The summed E-state index contributed by atoms with van der Waals surface area (Å²) >= 11 is 0. The Labute approximate surface area is 118 Å². The lowest BCUT2D eigenvalue weighted by molar-refractivity contribution is -0.130. The van der Waals surface area contributed by atoms with Crippen LogP contribution in [-0.2, 0) is 10.3 Å². The van der Waals surface area contributed by atoms with E-state index >= 15 is 0 Å². The molecule has 5 heteroatoms. The third-order valence-electron chi connectivity index (χ3n) is 3.56. The van der Waals surface area contributed by atoms with Gasteiger partial charge in [-0.2, -0.15) is 0 Å². The molecule has 0 saturated carbocycles. The lowest BCUT2D eigenvalue weighted by Crippen LogP contribution is -2.41. The van der Waals surface area contributed by atoms with Crippen LogP contribution in [0.2, 0.25) is 0 Å². The molecule has 1 unspecified atom stereocenters. The van der Waals surface area contributed by atoms with Crippen molar-refractivity contribution in [1.29, 1.82) is 0 Å². The maximum atomic E-state index is 12.5. The van der Waals surface area contributed by atoms with Gasteiger partial charge in [0.1, 0.15) is 11.3 Å². The number of carbonyl (C=O) groups is 2. The minimum atomic E-state index is -1.04. The summed E-state index contributed by atoms with van der Waals surface area (Å²) in [4.78, 5) is 25.5. The number of carbonyl (C=O) groups excluding carboxylic acids is 2. The van der Waals surface area contributed by atoms with Gasteiger partial charge in [0.15, 0.2) is 0 Å². The average Bonchev–Trinajstić information content (AvgIpc) is 2.64. The van der Waals surface area contributed by atoms with Gasteiger partial charge in [0.2, 0.25) is 0 Å². The van der Waals surface area contributed by atoms with E-state index < -0.39 is 11.6 Å². The second kappa shape index (κ2) is 5.00. The first kappa shape index (κ1) is 14.1. The Morgan fingerprint density at radius 1 is 1.45 bits per heavy atom. The molecule has 1 aromatic carbocycles. The number of rotatable bonds is 4. The number of aryl methyl sites for hydroxylation is 1. The molecule has 20 heavy (non-hydrogen) atoms. The van der Waals surface area contributed by atoms with E-state index in [4.69, 9.17) is 4.74 Å². The molecule has 0 spiro atoms. The molecule has 0 radical (unpaired) electrons. The number of nitrogens with one attached hydrogen (secondary N) is 1. The normalized spacial score (nSPS) is 21.9. The summed E-state index contributed by atoms with van der Waals surface area (Å²) in [7, 11) is 1.60. The van der Waals surface area contributed by atoms with E-state index in [1.807, 2.05) is 13.0 Å². The summed E-state index contributed by atoms with van der Waals surface area (Å²) in [6.07, 6.45) is 1.53. The van der Waals surface area contributed by atoms with Crippen molar-refractivity contribution < 1.29 is 14.3 Å². The Kier molecular flexibility index (Phi) is 3.53. The van der Waals surface area contributed by atoms with Crippen LogP contribution >= 0.6 is 0 Å². The maximum Gasteiger partial charge on any atom is 0.325 e. The van der Waals surface area contributed by atoms with Crippen LogP contribution in [0.1, 0.15) is 18.1 Å². The van der Waals surface area contributed by atoms with E-state index in [0.717, 1.165) is 21.8 Å². The highest BCUT2D eigenvalue weighted by molar-refractivity contribution is 6.07. The molecular weight excluding hydrogens is 256 g/mol. The average molecular weight is 274 g/mol. The van der Waals surface area contributed by atoms with Crippen molar-refractivity contribution in [2.75, 3.05) is 13.7 Å². The quantitative estimate of drug-likeness (QED) is 0.674. The summed E-state index contributed by atoms with van der Waals surface area (Å²) in [5, 5.41) is 2.74. The number of nitrogens with zero attached hydrogens (tertiary/aromatic N) is 1. The molecule has 1 saturated heterocycles. The first-order valence-electron chi connectivity index (χ1n) is 6.34. The van der Waals surface area contributed by atoms with Gasteiger partial charge < -0.3 is 10.1 Å². The number of benzene rings is 1. The van der Waals surface area contributed by atoms with Gasteiger partial charge in [-0.15, -0.1) is 6.58 Å². The second-order valence-corrected chi connectivity index (χ2v) is 4.94. The van der Waals surface area contributed by atoms with Crippen molar-refractivity contribution in [2.24, 2.45) is 0 Å². The zero-order valence-corrected chi connectivity index (χ0v) is 11.9. The van der Waals surface area contributed by atoms with E-state index in [9.17, 15) is 9.59 Å². The number of amides is 3. The zero-order valence-electron chi connectivity index (χ0n) is 11.9. The molecular formula is C15H18N2O3. The number of urea groups is 1. The molecule has 1 fully saturated rings. The maximum absolute atomic E-state index is 12.5. The predicted molar refractivity (Wildman–Crippen MR) is 75.5 cm³/mol. The molecule has 0 aliphatic carbocycles. The van der Waals surface area contributed by atoms with E-state index in [1.54, 1.807) is 26.2 Å². The summed E-state index contributed by atoms with van der Waals surface area (Å²) < 4.78 is 5.21. The lowest BCUT2D eigenvalue weighted by Gasteiger charge is -2.23. The van der Waals surface area contributed by atoms with Gasteiger partial charge in [0.05, 0.1) is 7.11 Å². The van der Waals surface area contributed by atoms with Crippen molar-refractivity contribution in [3.05, 3.63) is 42.0 Å². The van der Waals surface area contributed by atoms with E-state index in [1.165, 1.54) is 6.08 Å². The molecule has 1 aromatic rings. The number of methoxy groups -OCH3 is 1. The Morgan fingerprint density at radius 3 is 2.70 bits per heavy atom. The molecule has 1 N–H and O–H groups in total. The van der Waals surface area contributed by atoms with Crippen LogP contribution in [-0.4, -0.2) is 30.5 Å². The molecule has 1 aliphatic rings. The Morgan fingerprint density at radius 2 is 2.15 bits per heavy atom. The van der Waals surface area contributed by atoms with Gasteiger partial charge in [-0.25, -0.2) is 4.79 Å². The Bertz CT molecular complexity index is 582. The van der Waals surface area contributed by atoms with Crippen molar-refractivity contribution in [2.45, 2.75) is 19.4 Å². The minimum Gasteiger partial charge on any atom is -0.496 e. The Balaban J connectivity index is 2.41. The summed E-state index contributed by atoms with van der Waals surface area (Å²) in [5.74, 6) is 0.476. The van der Waals surface area contributed by atoms with E-state index in [0.29, 0.717) is 0 Å². The van der Waals surface area contributed by atoms with Gasteiger partial charge in [-0.05, 0) is 37.1 Å². The van der Waals surface area contributed by atoms with Crippen molar-refractivity contribution in [3.8, 4) is 5.75 Å². The zero-order chi connectivity index (χ0) is 14.9. The van der Waals surface area contributed by atoms with Crippen LogP contribution in [0.25, 0.3) is 0 Å². The topological polar surface area (TPSA) is 58.6 Å². The van der Waals surface area contributed by atoms with Gasteiger partial charge in [0, 0.05) is 6.54 Å². The van der Waals surface area contributed by atoms with Crippen LogP contribution < -0.4 is 10.1 Å². The molecule has 1 atom stereocenters. The fourth-order valence-corrected chi connectivity index (χ4v) is 2.38. The highest BCUT2D eigenvalue weighted by Gasteiger charge is 2.48. The largest absolute Gasteiger partial charge is 0.496 e.